The van der Waals surface area contributed by atoms with Crippen molar-refractivity contribution in [3.05, 3.63) is 77.9 Å². The summed E-state index contributed by atoms with van der Waals surface area (Å²) in [4.78, 5) is 40.2. The molecule has 0 aromatic heterocycles. The van der Waals surface area contributed by atoms with Crippen LogP contribution in [-0.2, 0) is 4.74 Å². The first-order valence-electron chi connectivity index (χ1n) is 9.89. The molecule has 2 aromatic carbocycles. The molecule has 1 N–H and O–H groups in total. The zero-order chi connectivity index (χ0) is 27.6. The molecule has 0 aliphatic heterocycles. The molecule has 2 unspecified atom stereocenters. The van der Waals surface area contributed by atoms with Crippen LogP contribution < -0.4 is 0 Å². The Kier molecular flexibility index (Phi) is 13.4. The molecule has 10 nitrogen and oxygen atoms in total. The summed E-state index contributed by atoms with van der Waals surface area (Å²) in [6, 6.07) is 6.26. The Labute approximate surface area is 217 Å². The summed E-state index contributed by atoms with van der Waals surface area (Å²) in [7, 11) is 0. The fraction of sp³-hybridized carbons (Fsp3) is 0.364. The van der Waals surface area contributed by atoms with Crippen LogP contribution in [-0.4, -0.2) is 25.1 Å². The Morgan fingerprint density at radius 1 is 0.800 bits per heavy atom. The van der Waals surface area contributed by atoms with Gasteiger partial charge in [-0.15, -0.1) is 0 Å². The number of aliphatic hydroxyl groups is 1. The molecule has 2 rings (SSSR count). The number of carbonyl (C=O) groups excluding carboxylic acids is 2. The second kappa shape index (κ2) is 14.6. The summed E-state index contributed by atoms with van der Waals surface area (Å²) in [5.74, 6) is 0. The average molecular weight is 552 g/mol. The lowest BCUT2D eigenvalue weighted by Crippen LogP contribution is -2.06. The van der Waals surface area contributed by atoms with E-state index in [2.05, 4.69) is 23.2 Å². The fourth-order valence-electron chi connectivity index (χ4n) is 2.83. The third kappa shape index (κ3) is 11.0. The Hall–Kier alpha value is -2.79. The quantitative estimate of drug-likeness (QED) is 0.228. The van der Waals surface area contributed by atoms with Crippen LogP contribution in [0, 0.1) is 47.9 Å². The van der Waals surface area contributed by atoms with Crippen molar-refractivity contribution in [3.8, 4) is 0 Å². The number of benzene rings is 2. The van der Waals surface area contributed by atoms with E-state index in [1.54, 1.807) is 19.1 Å². The van der Waals surface area contributed by atoms with Gasteiger partial charge in [-0.25, -0.2) is 4.79 Å². The van der Waals surface area contributed by atoms with E-state index in [4.69, 9.17) is 21.1 Å². The average Bonchev–Trinajstić information content (AvgIpc) is 2.70. The number of carbonyl (C=O) groups is 2. The first-order chi connectivity index (χ1) is 16.0. The number of nitro benzene ring substituents is 2. The van der Waals surface area contributed by atoms with Gasteiger partial charge in [-0.3, -0.25) is 25.0 Å². The van der Waals surface area contributed by atoms with Gasteiger partial charge in [-0.05, 0) is 99.1 Å². The van der Waals surface area contributed by atoms with Gasteiger partial charge in [-0.2, -0.15) is 0 Å². The monoisotopic (exact) mass is 550 g/mol. The van der Waals surface area contributed by atoms with Gasteiger partial charge >= 0.3 is 10.1 Å². The van der Waals surface area contributed by atoms with Crippen molar-refractivity contribution in [3.63, 3.8) is 0 Å². The minimum atomic E-state index is -0.981. The molecule has 0 aliphatic carbocycles. The number of nitrogens with zero attached hydrogens (tertiary/aromatic N) is 2. The third-order valence-corrected chi connectivity index (χ3v) is 4.93. The molecule has 0 fully saturated rings. The third-order valence-electron chi connectivity index (χ3n) is 4.84. The smallest absolute Gasteiger partial charge is 0.404 e. The van der Waals surface area contributed by atoms with Crippen molar-refractivity contribution in [2.45, 2.75) is 53.8 Å². The Morgan fingerprint density at radius 3 is 1.43 bits per heavy atom. The van der Waals surface area contributed by atoms with Gasteiger partial charge in [0.1, 0.15) is 6.10 Å². The van der Waals surface area contributed by atoms with Gasteiger partial charge in [0.2, 0.25) is 0 Å². The van der Waals surface area contributed by atoms with E-state index in [1.165, 1.54) is 26.0 Å². The molecule has 13 heteroatoms. The van der Waals surface area contributed by atoms with Crippen LogP contribution in [0.25, 0.3) is 0 Å². The van der Waals surface area contributed by atoms with Gasteiger partial charge < -0.3 is 9.84 Å². The molecule has 0 saturated carbocycles. The molecular weight excluding hydrogens is 527 g/mol. The van der Waals surface area contributed by atoms with E-state index >= 15 is 0 Å². The molecule has 0 radical (unpaired) electrons. The van der Waals surface area contributed by atoms with Crippen LogP contribution in [0.2, 0.25) is 0 Å². The van der Waals surface area contributed by atoms with Gasteiger partial charge in [0.25, 0.3) is 11.4 Å². The normalized spacial score (nSPS) is 11.6. The molecule has 0 bridgehead atoms. The number of aliphatic hydroxyl groups excluding tert-OH is 1. The maximum atomic E-state index is 10.9. The highest BCUT2D eigenvalue weighted by Gasteiger charge is 2.22. The van der Waals surface area contributed by atoms with Crippen molar-refractivity contribution in [2.75, 3.05) is 0 Å². The summed E-state index contributed by atoms with van der Waals surface area (Å²) in [5, 5.41) is 31.0. The topological polar surface area (TPSA) is 150 Å². The van der Waals surface area contributed by atoms with E-state index in [0.717, 1.165) is 22.3 Å². The predicted molar refractivity (Wildman–Crippen MR) is 134 cm³/mol. The predicted octanol–water partition coefficient (Wildman–Crippen LogP) is 7.50. The highest BCUT2D eigenvalue weighted by molar-refractivity contribution is 6.93. The summed E-state index contributed by atoms with van der Waals surface area (Å²) < 4.78 is 3.86. The van der Waals surface area contributed by atoms with Crippen molar-refractivity contribution < 1.29 is 29.3 Å². The first kappa shape index (κ1) is 32.2. The Bertz CT molecular complexity index is 1100. The number of nitro groups is 2. The number of hydrogen-bond donors (Lipinski definition) is 1. The number of hydrogen-bond acceptors (Lipinski definition) is 8. The number of aryl methyl sites for hydroxylation is 4. The van der Waals surface area contributed by atoms with Crippen molar-refractivity contribution in [1.29, 1.82) is 0 Å². The van der Waals surface area contributed by atoms with Crippen LogP contribution in [0.3, 0.4) is 0 Å². The summed E-state index contributed by atoms with van der Waals surface area (Å²) in [5.41, 5.74) is 3.16. The minimum absolute atomic E-state index is 0.0110. The van der Waals surface area contributed by atoms with Crippen LogP contribution in [0.15, 0.2) is 24.3 Å². The highest BCUT2D eigenvalue weighted by atomic mass is 35.5. The maximum absolute atomic E-state index is 10.9. The van der Waals surface area contributed by atoms with E-state index in [0.29, 0.717) is 11.1 Å². The molecule has 0 saturated heterocycles. The number of ether oxygens (including phenoxy) is 1. The summed E-state index contributed by atoms with van der Waals surface area (Å²) >= 11 is 13.9. The Balaban J connectivity index is 0.000000581. The first-order valence-corrected chi connectivity index (χ1v) is 11.0. The largest absolute Gasteiger partial charge is 0.446 e. The lowest BCUT2D eigenvalue weighted by atomic mass is 10.0. The second-order valence-electron chi connectivity index (χ2n) is 7.40. The van der Waals surface area contributed by atoms with E-state index in [9.17, 15) is 30.1 Å². The fourth-order valence-corrected chi connectivity index (χ4v) is 2.96. The lowest BCUT2D eigenvalue weighted by molar-refractivity contribution is -0.386. The summed E-state index contributed by atoms with van der Waals surface area (Å²) in [6.07, 6.45) is -1.56. The zero-order valence-electron chi connectivity index (χ0n) is 19.8. The van der Waals surface area contributed by atoms with E-state index in [1.807, 2.05) is 20.8 Å². The van der Waals surface area contributed by atoms with Crippen molar-refractivity contribution >= 4 is 56.3 Å². The van der Waals surface area contributed by atoms with E-state index < -0.39 is 32.2 Å². The van der Waals surface area contributed by atoms with Gasteiger partial charge in [0.15, 0.2) is 0 Å². The number of halogens is 3. The molecule has 0 heterocycles. The lowest BCUT2D eigenvalue weighted by Gasteiger charge is -2.13. The molecule has 35 heavy (non-hydrogen) atoms. The Morgan fingerprint density at radius 2 is 1.11 bits per heavy atom. The van der Waals surface area contributed by atoms with Crippen LogP contribution in [0.4, 0.5) is 21.0 Å². The minimum Gasteiger partial charge on any atom is -0.446 e. The summed E-state index contributed by atoms with van der Waals surface area (Å²) in [6.45, 7) is 10.4. The highest BCUT2D eigenvalue weighted by Crippen LogP contribution is 2.31. The maximum Gasteiger partial charge on any atom is 0.404 e. The molecule has 2 atom stereocenters. The SMILES string of the molecule is Cc1cc(C(C)O)c([N+](=O)[O-])cc1C.Cc1cc(C(C)OC(=O)Cl)c([N+](=O)[O-])cc1C.O=C(Cl)Cl. The van der Waals surface area contributed by atoms with Gasteiger partial charge in [-0.1, -0.05) is 0 Å². The van der Waals surface area contributed by atoms with E-state index in [-0.39, 0.29) is 11.4 Å². The molecule has 0 spiro atoms. The number of rotatable bonds is 5. The molecule has 192 valence electrons. The van der Waals surface area contributed by atoms with Crippen molar-refractivity contribution in [1.82, 2.24) is 0 Å². The molecule has 0 aliphatic rings. The zero-order valence-corrected chi connectivity index (χ0v) is 22.1. The second-order valence-corrected chi connectivity index (χ2v) is 8.59. The van der Waals surface area contributed by atoms with Crippen molar-refractivity contribution in [2.24, 2.45) is 0 Å². The van der Waals surface area contributed by atoms with Gasteiger partial charge in [0.05, 0.1) is 27.1 Å². The molecule has 2 aromatic rings. The van der Waals surface area contributed by atoms with Crippen LogP contribution in [0.5, 0.6) is 0 Å². The van der Waals surface area contributed by atoms with Crippen LogP contribution in [0.1, 0.15) is 59.4 Å². The molecular formula is C22H25Cl3N2O8. The van der Waals surface area contributed by atoms with Crippen LogP contribution >= 0.6 is 34.8 Å². The molecule has 0 amide bonds. The standard InChI is InChI=1S/C11H12ClNO4.C10H13NO3.CCl2O/c1-6-4-9(8(3)17-11(12)14)10(13(15)16)5-7(6)2;1-6-4-9(8(3)12)10(11(13)14)5-7(6)2;2-1(3)4/h4-5,8H,1-3H3;4-5,8,12H,1-3H3;. The van der Waals surface area contributed by atoms with Gasteiger partial charge in [0, 0.05) is 23.7 Å².